The van der Waals surface area contributed by atoms with Gasteiger partial charge in [0, 0.05) is 17.8 Å². The van der Waals surface area contributed by atoms with E-state index in [0.717, 1.165) is 17.8 Å². The van der Waals surface area contributed by atoms with Gasteiger partial charge in [-0.1, -0.05) is 49.5 Å². The van der Waals surface area contributed by atoms with Crippen LogP contribution in [0.2, 0.25) is 0 Å². The van der Waals surface area contributed by atoms with E-state index in [2.05, 4.69) is 36.5 Å². The fraction of sp³-hybridized carbons (Fsp3) is 0.188. The van der Waals surface area contributed by atoms with Crippen molar-refractivity contribution >= 4 is 22.9 Å². The number of thiocarbonyl (C=S) groups is 1. The lowest BCUT2D eigenvalue weighted by molar-refractivity contribution is 0.805. The van der Waals surface area contributed by atoms with Crippen LogP contribution in [0.15, 0.2) is 54.6 Å². The summed E-state index contributed by atoms with van der Waals surface area (Å²) in [6, 6.07) is 18.4. The van der Waals surface area contributed by atoms with Crippen LogP contribution in [0.5, 0.6) is 0 Å². The Labute approximate surface area is 119 Å². The lowest BCUT2D eigenvalue weighted by atomic mass is 10.0. The van der Waals surface area contributed by atoms with Gasteiger partial charge in [0.25, 0.3) is 0 Å². The Hall–Kier alpha value is -1.87. The maximum Gasteiger partial charge on any atom is 0.103 e. The van der Waals surface area contributed by atoms with E-state index in [1.165, 1.54) is 5.56 Å². The van der Waals surface area contributed by atoms with E-state index < -0.39 is 0 Å². The van der Waals surface area contributed by atoms with Crippen molar-refractivity contribution in [2.75, 3.05) is 11.9 Å². The molecule has 2 rings (SSSR count). The molecule has 0 aliphatic rings. The highest BCUT2D eigenvalue weighted by molar-refractivity contribution is 7.80. The maximum atomic E-state index is 5.57. The van der Waals surface area contributed by atoms with Gasteiger partial charge in [-0.3, -0.25) is 0 Å². The Balaban J connectivity index is 1.93. The maximum absolute atomic E-state index is 5.57. The molecule has 0 saturated carbocycles. The monoisotopic (exact) mass is 270 g/mol. The first-order valence-electron chi connectivity index (χ1n) is 6.35. The first-order chi connectivity index (χ1) is 9.16. The molecule has 0 radical (unpaired) electrons. The van der Waals surface area contributed by atoms with Gasteiger partial charge in [-0.15, -0.1) is 0 Å². The fourth-order valence-corrected chi connectivity index (χ4v) is 2.06. The van der Waals surface area contributed by atoms with Crippen molar-refractivity contribution < 1.29 is 0 Å². The molecule has 98 valence electrons. The Morgan fingerprint density at radius 1 is 1.11 bits per heavy atom. The Morgan fingerprint density at radius 3 is 2.32 bits per heavy atom. The van der Waals surface area contributed by atoms with Crippen LogP contribution in [0, 0.1) is 0 Å². The van der Waals surface area contributed by atoms with Gasteiger partial charge < -0.3 is 11.1 Å². The highest BCUT2D eigenvalue weighted by Crippen LogP contribution is 2.16. The molecule has 0 heterocycles. The van der Waals surface area contributed by atoms with E-state index in [0.29, 0.717) is 10.9 Å². The van der Waals surface area contributed by atoms with E-state index in [1.54, 1.807) is 0 Å². The van der Waals surface area contributed by atoms with Crippen molar-refractivity contribution in [3.05, 3.63) is 65.7 Å². The predicted octanol–water partition coefficient (Wildman–Crippen LogP) is 3.54. The smallest absolute Gasteiger partial charge is 0.103 e. The van der Waals surface area contributed by atoms with Crippen LogP contribution in [-0.4, -0.2) is 11.5 Å². The first kappa shape index (κ1) is 13.6. The second-order valence-corrected chi connectivity index (χ2v) is 5.07. The molecule has 0 fully saturated rings. The van der Waals surface area contributed by atoms with Crippen molar-refractivity contribution in [2.45, 2.75) is 12.8 Å². The van der Waals surface area contributed by atoms with E-state index in [1.807, 2.05) is 30.3 Å². The van der Waals surface area contributed by atoms with E-state index in [-0.39, 0.29) is 0 Å². The highest BCUT2D eigenvalue weighted by atomic mass is 32.1. The van der Waals surface area contributed by atoms with Crippen molar-refractivity contribution in [2.24, 2.45) is 5.73 Å². The molecule has 0 spiro atoms. The summed E-state index contributed by atoms with van der Waals surface area (Å²) in [5.41, 5.74) is 8.90. The second-order valence-electron chi connectivity index (χ2n) is 4.63. The van der Waals surface area contributed by atoms with Crippen LogP contribution >= 0.6 is 12.2 Å². The number of benzene rings is 2. The number of rotatable bonds is 5. The quantitative estimate of drug-likeness (QED) is 0.816. The van der Waals surface area contributed by atoms with Gasteiger partial charge in [-0.05, 0) is 35.7 Å². The zero-order valence-electron chi connectivity index (χ0n) is 11.0. The molecule has 3 heteroatoms. The number of nitrogens with two attached hydrogens (primary N) is 1. The van der Waals surface area contributed by atoms with E-state index >= 15 is 0 Å². The zero-order valence-corrected chi connectivity index (χ0v) is 11.8. The van der Waals surface area contributed by atoms with Crippen molar-refractivity contribution in [3.63, 3.8) is 0 Å². The van der Waals surface area contributed by atoms with Gasteiger partial charge in [0.1, 0.15) is 4.99 Å². The summed E-state index contributed by atoms with van der Waals surface area (Å²) in [7, 11) is 0. The summed E-state index contributed by atoms with van der Waals surface area (Å²) in [4.78, 5) is 0.434. The van der Waals surface area contributed by atoms with Gasteiger partial charge in [0.15, 0.2) is 0 Å². The number of anilines is 1. The van der Waals surface area contributed by atoms with Gasteiger partial charge in [0.05, 0.1) is 0 Å². The van der Waals surface area contributed by atoms with Crippen molar-refractivity contribution in [1.29, 1.82) is 0 Å². The third-order valence-electron chi connectivity index (χ3n) is 3.15. The van der Waals surface area contributed by atoms with Crippen LogP contribution in [0.1, 0.15) is 24.0 Å². The molecule has 2 aromatic rings. The minimum atomic E-state index is 0.434. The third-order valence-corrected chi connectivity index (χ3v) is 3.39. The first-order valence-corrected chi connectivity index (χ1v) is 6.76. The molecule has 0 aliphatic heterocycles. The number of hydrogen-bond acceptors (Lipinski definition) is 2. The van der Waals surface area contributed by atoms with Crippen LogP contribution in [0.25, 0.3) is 0 Å². The average Bonchev–Trinajstić information content (AvgIpc) is 2.46. The van der Waals surface area contributed by atoms with Crippen LogP contribution in [0.3, 0.4) is 0 Å². The van der Waals surface area contributed by atoms with Crippen molar-refractivity contribution in [1.82, 2.24) is 0 Å². The largest absolute Gasteiger partial charge is 0.389 e. The van der Waals surface area contributed by atoms with E-state index in [9.17, 15) is 0 Å². The Bertz CT molecular complexity index is 534. The molecular formula is C16H18N2S. The lowest BCUT2D eigenvalue weighted by Gasteiger charge is -2.14. The molecule has 0 aromatic heterocycles. The number of nitrogens with one attached hydrogen (secondary N) is 1. The van der Waals surface area contributed by atoms with Crippen LogP contribution in [-0.2, 0) is 0 Å². The standard InChI is InChI=1S/C16H18N2S/c1-12(13-5-3-2-4-6-13)11-18-15-9-7-14(8-10-15)16(17)19/h2-10,12,18H,11H2,1H3,(H2,17,19). The third kappa shape index (κ3) is 3.80. The van der Waals surface area contributed by atoms with Gasteiger partial charge in [-0.2, -0.15) is 0 Å². The summed E-state index contributed by atoms with van der Waals surface area (Å²) in [6.07, 6.45) is 0. The summed E-state index contributed by atoms with van der Waals surface area (Å²) >= 11 is 4.93. The minimum Gasteiger partial charge on any atom is -0.389 e. The normalized spacial score (nSPS) is 11.8. The molecular weight excluding hydrogens is 252 g/mol. The van der Waals surface area contributed by atoms with Gasteiger partial charge in [-0.25, -0.2) is 0 Å². The molecule has 0 bridgehead atoms. The van der Waals surface area contributed by atoms with Crippen LogP contribution < -0.4 is 11.1 Å². The summed E-state index contributed by atoms with van der Waals surface area (Å²) < 4.78 is 0. The molecule has 0 aliphatic carbocycles. The molecule has 1 unspecified atom stereocenters. The van der Waals surface area contributed by atoms with Gasteiger partial charge >= 0.3 is 0 Å². The number of hydrogen-bond donors (Lipinski definition) is 2. The molecule has 19 heavy (non-hydrogen) atoms. The van der Waals surface area contributed by atoms with Crippen LogP contribution in [0.4, 0.5) is 5.69 Å². The average molecular weight is 270 g/mol. The fourth-order valence-electron chi connectivity index (χ4n) is 1.92. The zero-order chi connectivity index (χ0) is 13.7. The SMILES string of the molecule is CC(CNc1ccc(C(N)=S)cc1)c1ccccc1. The Kier molecular flexibility index (Phi) is 4.53. The molecule has 2 nitrogen and oxygen atoms in total. The molecule has 3 N–H and O–H groups in total. The highest BCUT2D eigenvalue weighted by Gasteiger charge is 2.04. The summed E-state index contributed by atoms with van der Waals surface area (Å²) in [5.74, 6) is 0.469. The summed E-state index contributed by atoms with van der Waals surface area (Å²) in [6.45, 7) is 3.11. The van der Waals surface area contributed by atoms with E-state index in [4.69, 9.17) is 18.0 Å². The Morgan fingerprint density at radius 2 is 1.74 bits per heavy atom. The second kappa shape index (κ2) is 6.34. The minimum absolute atomic E-state index is 0.434. The van der Waals surface area contributed by atoms with Gasteiger partial charge in [0.2, 0.25) is 0 Å². The topological polar surface area (TPSA) is 38.0 Å². The predicted molar refractivity (Wildman–Crippen MR) is 85.7 cm³/mol. The molecule has 0 saturated heterocycles. The molecule has 1 atom stereocenters. The molecule has 2 aromatic carbocycles. The molecule has 0 amide bonds. The lowest BCUT2D eigenvalue weighted by Crippen LogP contribution is -2.11. The van der Waals surface area contributed by atoms with Crippen molar-refractivity contribution in [3.8, 4) is 0 Å². The summed E-state index contributed by atoms with van der Waals surface area (Å²) in [5, 5.41) is 3.42.